The summed E-state index contributed by atoms with van der Waals surface area (Å²) in [6.07, 6.45) is 4.06. The highest BCUT2D eigenvalue weighted by Crippen LogP contribution is 2.32. The quantitative estimate of drug-likeness (QED) is 0.428. The molecule has 0 N–H and O–H groups in total. The van der Waals surface area contributed by atoms with Gasteiger partial charge in [-0.05, 0) is 82.0 Å². The third-order valence-corrected chi connectivity index (χ3v) is 7.74. The molecule has 7 nitrogen and oxygen atoms in total. The molecular weight excluding hydrogens is 498 g/mol. The predicted octanol–water partition coefficient (Wildman–Crippen LogP) is 4.19. The minimum Gasteiger partial charge on any atom is -0.494 e. The van der Waals surface area contributed by atoms with Crippen LogP contribution in [0.15, 0.2) is 69.6 Å². The predicted molar refractivity (Wildman–Crippen MR) is 150 cm³/mol. The van der Waals surface area contributed by atoms with Crippen molar-refractivity contribution in [3.05, 3.63) is 90.6 Å². The molecule has 8 heteroatoms. The second-order valence-corrected chi connectivity index (χ2v) is 10.8. The lowest BCUT2D eigenvalue weighted by atomic mass is 9.96. The topological polar surface area (TPSA) is 73.1 Å². The highest BCUT2D eigenvalue weighted by molar-refractivity contribution is 7.07. The van der Waals surface area contributed by atoms with E-state index in [-0.39, 0.29) is 11.7 Å². The highest BCUT2D eigenvalue weighted by Gasteiger charge is 2.33. The molecule has 0 saturated carbocycles. The van der Waals surface area contributed by atoms with Gasteiger partial charge in [-0.25, -0.2) is 9.79 Å². The average molecular weight is 532 g/mol. The molecule has 3 aromatic rings. The van der Waals surface area contributed by atoms with Gasteiger partial charge >= 0.3 is 5.97 Å². The Bertz CT molecular complexity index is 1530. The Balaban J connectivity index is 1.59. The fraction of sp³-hybridized carbons (Fsp3) is 0.367. The first-order valence-corrected chi connectivity index (χ1v) is 14.0. The number of carbonyl (C=O) groups excluding carboxylic acids is 1. The van der Waals surface area contributed by atoms with Crippen molar-refractivity contribution in [1.29, 1.82) is 0 Å². The summed E-state index contributed by atoms with van der Waals surface area (Å²) in [7, 11) is 0. The average Bonchev–Trinajstić information content (AvgIpc) is 3.53. The van der Waals surface area contributed by atoms with Crippen LogP contribution in [0.25, 0.3) is 6.08 Å². The maximum atomic E-state index is 13.8. The summed E-state index contributed by atoms with van der Waals surface area (Å²) in [5, 5.41) is 0. The summed E-state index contributed by atoms with van der Waals surface area (Å²) in [5.41, 5.74) is 3.69. The van der Waals surface area contributed by atoms with Gasteiger partial charge < -0.3 is 14.4 Å². The molecule has 0 bridgehead atoms. The lowest BCUT2D eigenvalue weighted by Gasteiger charge is -2.25. The van der Waals surface area contributed by atoms with E-state index in [0.29, 0.717) is 27.2 Å². The third-order valence-electron chi connectivity index (χ3n) is 6.75. The summed E-state index contributed by atoms with van der Waals surface area (Å²) in [4.78, 5) is 34.7. The molecule has 2 aliphatic rings. The van der Waals surface area contributed by atoms with Gasteiger partial charge in [0, 0.05) is 18.8 Å². The zero-order valence-corrected chi connectivity index (χ0v) is 23.1. The van der Waals surface area contributed by atoms with E-state index in [0.717, 1.165) is 30.0 Å². The van der Waals surface area contributed by atoms with Crippen LogP contribution in [-0.2, 0) is 9.53 Å². The van der Waals surface area contributed by atoms with E-state index in [1.807, 2.05) is 63.2 Å². The second-order valence-electron chi connectivity index (χ2n) is 9.82. The number of fused-ring (bicyclic) bond motifs is 1. The first kappa shape index (κ1) is 26.0. The lowest BCUT2D eigenvalue weighted by molar-refractivity contribution is -0.143. The Kier molecular flexibility index (Phi) is 7.51. The summed E-state index contributed by atoms with van der Waals surface area (Å²) < 4.78 is 13.4. The summed E-state index contributed by atoms with van der Waals surface area (Å²) in [6, 6.07) is 15.2. The van der Waals surface area contributed by atoms with Gasteiger partial charge in [-0.3, -0.25) is 9.36 Å². The number of aromatic nitrogens is 1. The number of anilines is 1. The molecule has 198 valence electrons. The van der Waals surface area contributed by atoms with Crippen molar-refractivity contribution < 1.29 is 14.3 Å². The minimum absolute atomic E-state index is 0.182. The van der Waals surface area contributed by atoms with Crippen LogP contribution in [0, 0.1) is 0 Å². The fourth-order valence-corrected chi connectivity index (χ4v) is 6.04. The van der Waals surface area contributed by atoms with Crippen molar-refractivity contribution in [2.75, 3.05) is 24.6 Å². The van der Waals surface area contributed by atoms with Crippen LogP contribution >= 0.6 is 11.3 Å². The monoisotopic (exact) mass is 531 g/mol. The maximum absolute atomic E-state index is 13.8. The number of hydrogen-bond acceptors (Lipinski definition) is 7. The second kappa shape index (κ2) is 11.0. The molecule has 0 unspecified atom stereocenters. The summed E-state index contributed by atoms with van der Waals surface area (Å²) in [5.74, 6) is 0.264. The first-order chi connectivity index (χ1) is 18.4. The zero-order chi connectivity index (χ0) is 26.8. The minimum atomic E-state index is -0.645. The van der Waals surface area contributed by atoms with E-state index in [1.165, 1.54) is 29.9 Å². The van der Waals surface area contributed by atoms with Gasteiger partial charge in [-0.15, -0.1) is 0 Å². The number of allylic oxidation sites excluding steroid dienone is 1. The number of rotatable bonds is 7. The van der Waals surface area contributed by atoms with Crippen LogP contribution < -0.4 is 24.5 Å². The Hall–Kier alpha value is -3.65. The van der Waals surface area contributed by atoms with E-state index in [1.54, 1.807) is 11.5 Å². The van der Waals surface area contributed by atoms with E-state index in [2.05, 4.69) is 22.0 Å². The smallest absolute Gasteiger partial charge is 0.338 e. The molecule has 1 atom stereocenters. The van der Waals surface area contributed by atoms with Crippen LogP contribution in [0.3, 0.4) is 0 Å². The Morgan fingerprint density at radius 2 is 1.79 bits per heavy atom. The first-order valence-electron chi connectivity index (χ1n) is 13.2. The van der Waals surface area contributed by atoms with Gasteiger partial charge in [0.05, 0.1) is 34.6 Å². The molecule has 1 aromatic heterocycles. The molecule has 5 rings (SSSR count). The summed E-state index contributed by atoms with van der Waals surface area (Å²) in [6.45, 7) is 10.1. The number of carbonyl (C=O) groups is 1. The number of ether oxygens (including phenoxy) is 2. The van der Waals surface area contributed by atoms with Gasteiger partial charge in [-0.2, -0.15) is 0 Å². The van der Waals surface area contributed by atoms with Crippen molar-refractivity contribution in [2.24, 2.45) is 4.99 Å². The number of benzene rings is 2. The molecule has 2 aromatic carbocycles. The van der Waals surface area contributed by atoms with E-state index in [9.17, 15) is 9.59 Å². The molecule has 0 radical (unpaired) electrons. The molecular formula is C30H33N3O4S. The molecule has 0 amide bonds. The Morgan fingerprint density at radius 3 is 2.42 bits per heavy atom. The summed E-state index contributed by atoms with van der Waals surface area (Å²) >= 11 is 1.33. The van der Waals surface area contributed by atoms with Crippen LogP contribution in [-0.4, -0.2) is 36.3 Å². The zero-order valence-electron chi connectivity index (χ0n) is 22.3. The largest absolute Gasteiger partial charge is 0.494 e. The number of thiazole rings is 1. The van der Waals surface area contributed by atoms with Gasteiger partial charge in [0.2, 0.25) is 0 Å². The van der Waals surface area contributed by atoms with E-state index in [4.69, 9.17) is 9.47 Å². The van der Waals surface area contributed by atoms with Crippen LogP contribution in [0.2, 0.25) is 0 Å². The van der Waals surface area contributed by atoms with Crippen molar-refractivity contribution in [1.82, 2.24) is 4.57 Å². The highest BCUT2D eigenvalue weighted by atomic mass is 32.1. The Labute approximate surface area is 226 Å². The third kappa shape index (κ3) is 5.18. The fourth-order valence-electron chi connectivity index (χ4n) is 5.00. The molecule has 0 aliphatic carbocycles. The molecule has 3 heterocycles. The molecule has 0 spiro atoms. The van der Waals surface area contributed by atoms with E-state index >= 15 is 0 Å². The van der Waals surface area contributed by atoms with Crippen molar-refractivity contribution >= 4 is 29.1 Å². The standard InChI is InChI=1S/C30H33N3O4S/c1-5-36-24-14-10-22(11-15-24)27-26(29(35)37-19(2)3)20(4)31-30-33(27)28(34)25(38-30)18-21-8-12-23(13-9-21)32-16-6-7-17-32/h8-15,18-19,27H,5-7,16-17H2,1-4H3/b25-18-/t27-/m0/s1. The van der Waals surface area contributed by atoms with Crippen molar-refractivity contribution in [3.8, 4) is 5.75 Å². The number of esters is 1. The van der Waals surface area contributed by atoms with Crippen LogP contribution in [0.1, 0.15) is 57.7 Å². The number of hydrogen-bond donors (Lipinski definition) is 0. The normalized spacial score (nSPS) is 17.6. The van der Waals surface area contributed by atoms with E-state index < -0.39 is 12.0 Å². The van der Waals surface area contributed by atoms with Crippen LogP contribution in [0.4, 0.5) is 5.69 Å². The van der Waals surface area contributed by atoms with Gasteiger partial charge in [-0.1, -0.05) is 35.6 Å². The van der Waals surface area contributed by atoms with Gasteiger partial charge in [0.25, 0.3) is 5.56 Å². The maximum Gasteiger partial charge on any atom is 0.338 e. The van der Waals surface area contributed by atoms with Gasteiger partial charge in [0.1, 0.15) is 5.75 Å². The molecule has 2 aliphatic heterocycles. The SMILES string of the molecule is CCOc1ccc([C@H]2C(C(=O)OC(C)C)=C(C)N=c3s/c(=C\c4ccc(N5CCCC5)cc4)c(=O)n32)cc1. The number of nitrogens with zero attached hydrogens (tertiary/aromatic N) is 3. The molecule has 1 saturated heterocycles. The van der Waals surface area contributed by atoms with Crippen molar-refractivity contribution in [2.45, 2.75) is 52.7 Å². The lowest BCUT2D eigenvalue weighted by Crippen LogP contribution is -2.40. The molecule has 1 fully saturated rings. The van der Waals surface area contributed by atoms with Gasteiger partial charge in [0.15, 0.2) is 4.80 Å². The molecule has 38 heavy (non-hydrogen) atoms. The van der Waals surface area contributed by atoms with Crippen LogP contribution in [0.5, 0.6) is 5.75 Å². The van der Waals surface area contributed by atoms with Crippen molar-refractivity contribution in [3.63, 3.8) is 0 Å². The Morgan fingerprint density at radius 1 is 1.11 bits per heavy atom.